The predicted octanol–water partition coefficient (Wildman–Crippen LogP) is 0.731. The van der Waals surface area contributed by atoms with Crippen molar-refractivity contribution < 1.29 is 33.3 Å². The fourth-order valence-electron chi connectivity index (χ4n) is 4.54. The molecular formula is C24H22N6O7. The number of morpholine rings is 1. The first-order valence-corrected chi connectivity index (χ1v) is 11.7. The molecule has 2 atom stereocenters. The van der Waals surface area contributed by atoms with Gasteiger partial charge in [-0.05, 0) is 24.3 Å². The fourth-order valence-corrected chi connectivity index (χ4v) is 4.54. The Morgan fingerprint density at radius 3 is 2.92 bits per heavy atom. The van der Waals surface area contributed by atoms with E-state index in [1.54, 1.807) is 24.4 Å². The number of carbonyl (C=O) groups excluding carboxylic acids is 3. The van der Waals surface area contributed by atoms with Crippen LogP contribution in [-0.2, 0) is 20.8 Å². The lowest BCUT2D eigenvalue weighted by molar-refractivity contribution is -0.212. The van der Waals surface area contributed by atoms with Crippen LogP contribution in [0.2, 0.25) is 0 Å². The van der Waals surface area contributed by atoms with Gasteiger partial charge in [0.05, 0.1) is 19.2 Å². The minimum atomic E-state index is -0.586. The van der Waals surface area contributed by atoms with E-state index in [0.717, 1.165) is 11.2 Å². The summed E-state index contributed by atoms with van der Waals surface area (Å²) in [6.45, 7) is 1.62. The van der Waals surface area contributed by atoms with Gasteiger partial charge in [-0.15, -0.1) is 0 Å². The molecule has 13 heteroatoms. The molecule has 0 spiro atoms. The molecule has 2 fully saturated rings. The number of methoxy groups -OCH3 is 1. The summed E-state index contributed by atoms with van der Waals surface area (Å²) >= 11 is 0. The molecule has 6 rings (SSSR count). The zero-order chi connectivity index (χ0) is 25.5. The van der Waals surface area contributed by atoms with Crippen LogP contribution in [0.1, 0.15) is 10.4 Å². The Morgan fingerprint density at radius 1 is 1.27 bits per heavy atom. The number of esters is 1. The van der Waals surface area contributed by atoms with Gasteiger partial charge in [-0.3, -0.25) is 19.2 Å². The van der Waals surface area contributed by atoms with Crippen molar-refractivity contribution >= 4 is 34.7 Å². The van der Waals surface area contributed by atoms with E-state index < -0.39 is 24.0 Å². The van der Waals surface area contributed by atoms with E-state index in [4.69, 9.17) is 18.9 Å². The first-order valence-electron chi connectivity index (χ1n) is 11.7. The second-order valence-electron chi connectivity index (χ2n) is 8.53. The number of aromatic nitrogens is 3. The summed E-state index contributed by atoms with van der Waals surface area (Å²) in [6.07, 6.45) is 2.24. The Bertz CT molecular complexity index is 1490. The Balaban J connectivity index is 1.23. The van der Waals surface area contributed by atoms with E-state index in [2.05, 4.69) is 20.3 Å². The number of carbonyl (C=O) groups is 3. The van der Waals surface area contributed by atoms with Crippen LogP contribution in [0.4, 0.5) is 10.6 Å². The SMILES string of the molecule is COc1c(OCCOC(=O)N2C[C@@H]3OC(=O)C32)ccc2c3n(c(=NC(=O)c4cccnc4)nc12)CCN3. The summed E-state index contributed by atoms with van der Waals surface area (Å²) in [5.41, 5.74) is 1.05. The third-order valence-electron chi connectivity index (χ3n) is 6.39. The molecule has 0 aliphatic carbocycles. The van der Waals surface area contributed by atoms with Gasteiger partial charge in [0.15, 0.2) is 23.6 Å². The summed E-state index contributed by atoms with van der Waals surface area (Å²) < 4.78 is 23.4. The van der Waals surface area contributed by atoms with Crippen LogP contribution in [0.5, 0.6) is 11.5 Å². The number of rotatable bonds is 6. The number of nitrogens with zero attached hydrogens (tertiary/aromatic N) is 5. The minimum absolute atomic E-state index is 0.0296. The van der Waals surface area contributed by atoms with Gasteiger partial charge in [-0.2, -0.15) is 4.99 Å². The van der Waals surface area contributed by atoms with Gasteiger partial charge in [0, 0.05) is 30.9 Å². The number of likely N-dealkylation sites (tertiary alicyclic amines) is 1. The summed E-state index contributed by atoms with van der Waals surface area (Å²) in [5.74, 6) is 0.638. The molecule has 1 unspecified atom stereocenters. The molecule has 2 saturated heterocycles. The molecule has 0 radical (unpaired) electrons. The van der Waals surface area contributed by atoms with E-state index in [1.807, 2.05) is 10.6 Å². The third-order valence-corrected chi connectivity index (χ3v) is 6.39. The molecule has 5 heterocycles. The largest absolute Gasteiger partial charge is 0.491 e. The Hall–Kier alpha value is -4.68. The molecule has 2 amide bonds. The highest BCUT2D eigenvalue weighted by Crippen LogP contribution is 2.37. The van der Waals surface area contributed by atoms with Crippen molar-refractivity contribution in [1.29, 1.82) is 0 Å². The minimum Gasteiger partial charge on any atom is -0.491 e. The highest BCUT2D eigenvalue weighted by molar-refractivity contribution is 5.96. The van der Waals surface area contributed by atoms with E-state index >= 15 is 0 Å². The van der Waals surface area contributed by atoms with Crippen LogP contribution in [0, 0.1) is 0 Å². The number of pyridine rings is 1. The third kappa shape index (κ3) is 3.88. The van der Waals surface area contributed by atoms with Crippen LogP contribution >= 0.6 is 0 Å². The number of hydrogen-bond donors (Lipinski definition) is 1. The van der Waals surface area contributed by atoms with Crippen molar-refractivity contribution in [2.45, 2.75) is 18.7 Å². The van der Waals surface area contributed by atoms with E-state index in [1.165, 1.54) is 18.2 Å². The zero-order valence-corrected chi connectivity index (χ0v) is 19.7. The molecule has 190 valence electrons. The first kappa shape index (κ1) is 22.8. The molecule has 2 aromatic heterocycles. The molecule has 1 N–H and O–H groups in total. The summed E-state index contributed by atoms with van der Waals surface area (Å²) in [4.78, 5) is 50.5. The smallest absolute Gasteiger partial charge is 0.410 e. The zero-order valence-electron chi connectivity index (χ0n) is 19.7. The molecule has 0 bridgehead atoms. The average Bonchev–Trinajstić information content (AvgIpc) is 3.40. The van der Waals surface area contributed by atoms with Crippen molar-refractivity contribution in [2.24, 2.45) is 4.99 Å². The maximum absolute atomic E-state index is 12.7. The molecule has 3 aliphatic heterocycles. The van der Waals surface area contributed by atoms with Gasteiger partial charge in [0.2, 0.25) is 5.62 Å². The number of nitrogens with one attached hydrogen (secondary N) is 1. The van der Waals surface area contributed by atoms with Crippen molar-refractivity contribution in [3.8, 4) is 11.5 Å². The van der Waals surface area contributed by atoms with Crippen molar-refractivity contribution in [3.63, 3.8) is 0 Å². The number of ether oxygens (including phenoxy) is 4. The van der Waals surface area contributed by atoms with E-state index in [0.29, 0.717) is 42.2 Å². The topological polar surface area (TPSA) is 146 Å². The number of benzene rings is 1. The molecule has 3 aromatic rings. The molecule has 1 aromatic carbocycles. The number of anilines is 1. The summed E-state index contributed by atoms with van der Waals surface area (Å²) in [7, 11) is 1.49. The van der Waals surface area contributed by atoms with Crippen LogP contribution < -0.4 is 20.4 Å². The highest BCUT2D eigenvalue weighted by atomic mass is 16.6. The van der Waals surface area contributed by atoms with Gasteiger partial charge < -0.3 is 24.3 Å². The van der Waals surface area contributed by atoms with Crippen LogP contribution in [0.3, 0.4) is 0 Å². The standard InChI is InChI=1S/C24H22N6O7/c1-34-19-15(35-9-10-36-24(33)30-12-16-18(30)22(32)37-16)5-4-14-17(19)27-23(29-8-7-26-20(14)29)28-21(31)13-3-2-6-25-11-13/h2-6,11,16,18,26H,7-10,12H2,1H3/t16-,18?/m0/s1. The summed E-state index contributed by atoms with van der Waals surface area (Å²) in [5, 5.41) is 4.09. The van der Waals surface area contributed by atoms with Gasteiger partial charge in [0.1, 0.15) is 24.5 Å². The van der Waals surface area contributed by atoms with Gasteiger partial charge >= 0.3 is 12.1 Å². The maximum Gasteiger partial charge on any atom is 0.410 e. The fraction of sp³-hybridized carbons (Fsp3) is 0.333. The van der Waals surface area contributed by atoms with Crippen molar-refractivity contribution in [3.05, 3.63) is 47.8 Å². The van der Waals surface area contributed by atoms with Crippen LogP contribution in [0.25, 0.3) is 10.9 Å². The van der Waals surface area contributed by atoms with Crippen molar-refractivity contribution in [1.82, 2.24) is 19.4 Å². The lowest BCUT2D eigenvalue weighted by atomic mass is 9.95. The summed E-state index contributed by atoms with van der Waals surface area (Å²) in [6, 6.07) is 6.36. The predicted molar refractivity (Wildman–Crippen MR) is 126 cm³/mol. The molecule has 37 heavy (non-hydrogen) atoms. The van der Waals surface area contributed by atoms with Crippen LogP contribution in [0.15, 0.2) is 41.7 Å². The molecule has 13 nitrogen and oxygen atoms in total. The Morgan fingerprint density at radius 2 is 2.16 bits per heavy atom. The van der Waals surface area contributed by atoms with Gasteiger partial charge in [0.25, 0.3) is 5.91 Å². The second kappa shape index (κ2) is 9.08. The molecule has 0 saturated carbocycles. The molecule has 3 aliphatic rings. The monoisotopic (exact) mass is 506 g/mol. The average molecular weight is 506 g/mol. The van der Waals surface area contributed by atoms with E-state index in [-0.39, 0.29) is 24.9 Å². The van der Waals surface area contributed by atoms with Gasteiger partial charge in [-0.25, -0.2) is 14.6 Å². The highest BCUT2D eigenvalue weighted by Gasteiger charge is 2.58. The maximum atomic E-state index is 12.7. The quantitative estimate of drug-likeness (QED) is 0.375. The second-order valence-corrected chi connectivity index (χ2v) is 8.53. The lowest BCUT2D eigenvalue weighted by Crippen LogP contribution is -2.74. The molecular weight excluding hydrogens is 484 g/mol. The van der Waals surface area contributed by atoms with Crippen molar-refractivity contribution in [2.75, 3.05) is 38.7 Å². The normalized spacial score (nSPS) is 19.6. The number of hydrogen-bond acceptors (Lipinski definition) is 10. The number of amides is 2. The number of fused-ring (bicyclic) bond motifs is 4. The Labute approximate surface area is 209 Å². The van der Waals surface area contributed by atoms with Crippen LogP contribution in [-0.4, -0.2) is 83.0 Å². The lowest BCUT2D eigenvalue weighted by Gasteiger charge is -2.51. The van der Waals surface area contributed by atoms with E-state index in [9.17, 15) is 14.4 Å². The van der Waals surface area contributed by atoms with Gasteiger partial charge in [-0.1, -0.05) is 0 Å². The Kier molecular flexibility index (Phi) is 5.58. The first-order chi connectivity index (χ1) is 18.0.